The molecule has 0 fully saturated rings. The van der Waals surface area contributed by atoms with Gasteiger partial charge in [-0.3, -0.25) is 0 Å². The van der Waals surface area contributed by atoms with Crippen molar-refractivity contribution < 1.29 is 0 Å². The number of hydrogen-bond acceptors (Lipinski definition) is 2. The van der Waals surface area contributed by atoms with Crippen LogP contribution >= 0.6 is 0 Å². The summed E-state index contributed by atoms with van der Waals surface area (Å²) in [4.78, 5) is 8.85. The van der Waals surface area contributed by atoms with E-state index in [0.29, 0.717) is 17.8 Å². The predicted octanol–water partition coefficient (Wildman–Crippen LogP) is 6.03. The highest BCUT2D eigenvalue weighted by Crippen LogP contribution is 2.45. The second-order valence-corrected chi connectivity index (χ2v) is 6.17. The number of aliphatic imine (C=N–C) groups is 2. The predicted molar refractivity (Wildman–Crippen MR) is 94.2 cm³/mol. The highest BCUT2D eigenvalue weighted by Gasteiger charge is 2.22. The third-order valence-corrected chi connectivity index (χ3v) is 3.57. The fourth-order valence-electron chi connectivity index (χ4n) is 2.56. The third-order valence-electron chi connectivity index (χ3n) is 3.57. The van der Waals surface area contributed by atoms with Crippen molar-refractivity contribution in [1.29, 1.82) is 0 Å². The van der Waals surface area contributed by atoms with Crippen LogP contribution in [-0.2, 0) is 0 Å². The fraction of sp³-hybridized carbons (Fsp3) is 0.474. The van der Waals surface area contributed by atoms with Crippen molar-refractivity contribution in [3.63, 3.8) is 0 Å². The molecule has 0 radical (unpaired) electrons. The first-order chi connectivity index (χ1) is 9.84. The molecule has 0 aliphatic rings. The van der Waals surface area contributed by atoms with Crippen LogP contribution in [0.5, 0.6) is 0 Å². The summed E-state index contributed by atoms with van der Waals surface area (Å²) in [6.07, 6.45) is 0. The summed E-state index contributed by atoms with van der Waals surface area (Å²) >= 11 is 0. The molecule has 0 spiro atoms. The summed E-state index contributed by atoms with van der Waals surface area (Å²) in [6, 6.07) is 2.22. The molecule has 112 valence electrons. The molecule has 0 bridgehead atoms. The van der Waals surface area contributed by atoms with Crippen molar-refractivity contribution >= 4 is 23.1 Å². The molecule has 0 atom stereocenters. The Balaban J connectivity index is 3.97. The van der Waals surface area contributed by atoms with E-state index in [1.807, 2.05) is 0 Å². The lowest BCUT2D eigenvalue weighted by atomic mass is 9.85. The summed E-state index contributed by atoms with van der Waals surface area (Å²) < 4.78 is 0. The number of hydrogen-bond donors (Lipinski definition) is 0. The Labute approximate surface area is 129 Å². The van der Waals surface area contributed by atoms with Crippen LogP contribution in [0, 0.1) is 0 Å². The van der Waals surface area contributed by atoms with Gasteiger partial charge in [0, 0.05) is 5.56 Å². The molecule has 0 aliphatic carbocycles. The lowest BCUT2D eigenvalue weighted by Crippen LogP contribution is -2.01. The van der Waals surface area contributed by atoms with E-state index in [-0.39, 0.29) is 0 Å². The maximum absolute atomic E-state index is 4.42. The Bertz CT molecular complexity index is 561. The summed E-state index contributed by atoms with van der Waals surface area (Å²) in [5, 5.41) is 0. The van der Waals surface area contributed by atoms with Gasteiger partial charge in [-0.05, 0) is 53.8 Å². The summed E-state index contributed by atoms with van der Waals surface area (Å²) in [6.45, 7) is 20.3. The van der Waals surface area contributed by atoms with Crippen LogP contribution < -0.4 is 0 Å². The maximum Gasteiger partial charge on any atom is 0.0820 e. The van der Waals surface area contributed by atoms with E-state index in [9.17, 15) is 0 Å². The second kappa shape index (κ2) is 7.22. The van der Waals surface area contributed by atoms with Gasteiger partial charge in [0.05, 0.1) is 11.4 Å². The first kappa shape index (κ1) is 17.2. The largest absolute Gasteiger partial charge is 0.206 e. The fourth-order valence-corrected chi connectivity index (χ4v) is 2.56. The van der Waals surface area contributed by atoms with Gasteiger partial charge in [-0.1, -0.05) is 47.6 Å². The molecular formula is C19H26N2. The van der Waals surface area contributed by atoms with Gasteiger partial charge in [0.2, 0.25) is 0 Å². The minimum atomic E-state index is 0.306. The Kier molecular flexibility index (Phi) is 5.90. The summed E-state index contributed by atoms with van der Waals surface area (Å²) in [5.74, 6) is 6.45. The molecule has 2 nitrogen and oxygen atoms in total. The van der Waals surface area contributed by atoms with E-state index in [1.54, 1.807) is 0 Å². The van der Waals surface area contributed by atoms with Gasteiger partial charge in [-0.25, -0.2) is 9.98 Å². The molecule has 0 N–H and O–H groups in total. The molecule has 0 unspecified atom stereocenters. The molecular weight excluding hydrogens is 256 g/mol. The maximum atomic E-state index is 4.42. The Morgan fingerprint density at radius 3 is 1.38 bits per heavy atom. The van der Waals surface area contributed by atoms with E-state index in [1.165, 1.54) is 11.1 Å². The van der Waals surface area contributed by atoms with Crippen molar-refractivity contribution in [1.82, 2.24) is 0 Å². The van der Waals surface area contributed by atoms with Crippen LogP contribution in [0.15, 0.2) is 29.2 Å². The lowest BCUT2D eigenvalue weighted by molar-refractivity contribution is 0.807. The highest BCUT2D eigenvalue weighted by molar-refractivity contribution is 5.75. The van der Waals surface area contributed by atoms with E-state index in [4.69, 9.17) is 0 Å². The van der Waals surface area contributed by atoms with E-state index >= 15 is 0 Å². The van der Waals surface area contributed by atoms with Gasteiger partial charge in [0.25, 0.3) is 0 Å². The van der Waals surface area contributed by atoms with Crippen LogP contribution in [0.1, 0.15) is 76.0 Å². The molecule has 0 saturated heterocycles. The Morgan fingerprint density at radius 2 is 1.14 bits per heavy atom. The minimum Gasteiger partial charge on any atom is -0.206 e. The average molecular weight is 282 g/mol. The molecule has 0 heterocycles. The zero-order valence-electron chi connectivity index (χ0n) is 14.1. The molecule has 0 aliphatic heterocycles. The van der Waals surface area contributed by atoms with E-state index in [0.717, 1.165) is 16.9 Å². The van der Waals surface area contributed by atoms with Gasteiger partial charge < -0.3 is 0 Å². The van der Waals surface area contributed by atoms with Crippen LogP contribution in [0.3, 0.4) is 0 Å². The smallest absolute Gasteiger partial charge is 0.0820 e. The second-order valence-electron chi connectivity index (χ2n) is 6.17. The van der Waals surface area contributed by atoms with Crippen molar-refractivity contribution in [2.24, 2.45) is 9.98 Å². The van der Waals surface area contributed by atoms with Crippen molar-refractivity contribution in [3.05, 3.63) is 35.9 Å². The topological polar surface area (TPSA) is 24.7 Å². The third kappa shape index (κ3) is 3.61. The number of benzene rings is 1. The average Bonchev–Trinajstić information content (AvgIpc) is 2.38. The SMILES string of the molecule is C=C=Nc1c(C(C)C)cc(C(C)C)c(N=C=C)c1C(C)C. The highest BCUT2D eigenvalue weighted by atomic mass is 14.8. The zero-order valence-corrected chi connectivity index (χ0v) is 14.1. The van der Waals surface area contributed by atoms with Crippen molar-refractivity contribution in [3.8, 4) is 0 Å². The summed E-state index contributed by atoms with van der Waals surface area (Å²) in [5.41, 5.74) is 5.49. The number of rotatable bonds is 5. The first-order valence-corrected chi connectivity index (χ1v) is 7.51. The first-order valence-electron chi connectivity index (χ1n) is 7.51. The zero-order chi connectivity index (χ0) is 16.2. The van der Waals surface area contributed by atoms with Crippen molar-refractivity contribution in [2.45, 2.75) is 59.3 Å². The van der Waals surface area contributed by atoms with Gasteiger partial charge in [0.15, 0.2) is 0 Å². The van der Waals surface area contributed by atoms with Crippen LogP contribution in [0.4, 0.5) is 11.4 Å². The van der Waals surface area contributed by atoms with Gasteiger partial charge >= 0.3 is 0 Å². The molecule has 1 rings (SSSR count). The Hall–Kier alpha value is -1.88. The Morgan fingerprint density at radius 1 is 0.762 bits per heavy atom. The standard InChI is InChI=1S/C19H26N2/c1-9-20-18-15(12(3)4)11-16(13(5)6)19(21-10-2)17(18)14(7)8/h11-14H,1-2H2,3-8H3. The van der Waals surface area contributed by atoms with Crippen LogP contribution in [0.2, 0.25) is 0 Å². The summed E-state index contributed by atoms with van der Waals surface area (Å²) in [7, 11) is 0. The normalized spacial score (nSPS) is 10.7. The van der Waals surface area contributed by atoms with Gasteiger partial charge in [-0.2, -0.15) is 0 Å². The number of nitrogens with zero attached hydrogens (tertiary/aromatic N) is 2. The molecule has 1 aromatic carbocycles. The lowest BCUT2D eigenvalue weighted by Gasteiger charge is -2.22. The van der Waals surface area contributed by atoms with Gasteiger partial charge in [0.1, 0.15) is 0 Å². The van der Waals surface area contributed by atoms with Gasteiger partial charge in [-0.15, -0.1) is 0 Å². The minimum absolute atomic E-state index is 0.306. The molecule has 21 heavy (non-hydrogen) atoms. The van der Waals surface area contributed by atoms with Crippen molar-refractivity contribution in [2.75, 3.05) is 0 Å². The van der Waals surface area contributed by atoms with E-state index in [2.05, 4.69) is 82.5 Å². The molecule has 0 aromatic heterocycles. The molecule has 0 saturated carbocycles. The van der Waals surface area contributed by atoms with E-state index < -0.39 is 0 Å². The van der Waals surface area contributed by atoms with Crippen LogP contribution in [0.25, 0.3) is 0 Å². The van der Waals surface area contributed by atoms with Crippen LogP contribution in [-0.4, -0.2) is 11.7 Å². The monoisotopic (exact) mass is 282 g/mol. The quantitative estimate of drug-likeness (QED) is 0.589. The molecule has 0 amide bonds. The molecule has 2 heteroatoms. The molecule has 1 aromatic rings.